The molecule has 0 unspecified atom stereocenters. The molecular weight excluding hydrogens is 250 g/mol. The molecule has 0 aromatic heterocycles. The molecule has 0 heterocycles. The predicted octanol–water partition coefficient (Wildman–Crippen LogP) is 4.40. The highest BCUT2D eigenvalue weighted by atomic mass is 16.6. The molecule has 3 aliphatic rings. The number of hydrogen-bond acceptors (Lipinski definition) is 2. The second-order valence-electron chi connectivity index (χ2n) is 7.12. The Hall–Kier alpha value is -0.730. The fraction of sp³-hybridized carbons (Fsp3) is 0.941. The van der Waals surface area contributed by atoms with Gasteiger partial charge in [0.2, 0.25) is 0 Å². The van der Waals surface area contributed by atoms with Gasteiger partial charge in [0, 0.05) is 6.04 Å². The molecule has 0 saturated heterocycles. The van der Waals surface area contributed by atoms with E-state index in [0.29, 0.717) is 6.04 Å². The number of carbonyl (C=O) groups excluding carboxylic acids is 1. The van der Waals surface area contributed by atoms with Crippen molar-refractivity contribution in [2.45, 2.75) is 89.2 Å². The van der Waals surface area contributed by atoms with E-state index in [4.69, 9.17) is 4.74 Å². The zero-order valence-corrected chi connectivity index (χ0v) is 12.6. The molecule has 1 amide bonds. The average molecular weight is 279 g/mol. The molecule has 0 aromatic carbocycles. The van der Waals surface area contributed by atoms with E-state index in [1.54, 1.807) is 0 Å². The SMILES string of the molecule is O=C(NC1CCCCC1)O[C@@H]1CC[C@@H]2CCCC[C@H]2C1. The lowest BCUT2D eigenvalue weighted by Gasteiger charge is -2.39. The summed E-state index contributed by atoms with van der Waals surface area (Å²) < 4.78 is 5.69. The second kappa shape index (κ2) is 6.82. The maximum absolute atomic E-state index is 12.0. The molecule has 3 saturated carbocycles. The number of rotatable bonds is 2. The normalized spacial score (nSPS) is 35.1. The van der Waals surface area contributed by atoms with E-state index in [1.165, 1.54) is 51.4 Å². The largest absolute Gasteiger partial charge is 0.446 e. The van der Waals surface area contributed by atoms with Crippen molar-refractivity contribution >= 4 is 6.09 Å². The van der Waals surface area contributed by atoms with E-state index in [0.717, 1.165) is 37.5 Å². The minimum absolute atomic E-state index is 0.156. The number of carbonyl (C=O) groups is 1. The number of nitrogens with one attached hydrogen (secondary N) is 1. The van der Waals surface area contributed by atoms with Crippen LogP contribution in [-0.2, 0) is 4.74 Å². The Morgan fingerprint density at radius 1 is 0.800 bits per heavy atom. The second-order valence-corrected chi connectivity index (χ2v) is 7.12. The van der Waals surface area contributed by atoms with Gasteiger partial charge in [0.1, 0.15) is 6.10 Å². The van der Waals surface area contributed by atoms with Gasteiger partial charge in [-0.25, -0.2) is 4.79 Å². The van der Waals surface area contributed by atoms with Crippen LogP contribution in [0.5, 0.6) is 0 Å². The molecule has 3 rings (SSSR count). The Labute approximate surface area is 122 Å². The fourth-order valence-corrected chi connectivity index (χ4v) is 4.54. The van der Waals surface area contributed by atoms with E-state index >= 15 is 0 Å². The van der Waals surface area contributed by atoms with Gasteiger partial charge in [0.15, 0.2) is 0 Å². The molecule has 3 nitrogen and oxygen atoms in total. The quantitative estimate of drug-likeness (QED) is 0.813. The van der Waals surface area contributed by atoms with Crippen LogP contribution in [0.1, 0.15) is 77.0 Å². The number of alkyl carbamates (subject to hydrolysis) is 1. The van der Waals surface area contributed by atoms with E-state index < -0.39 is 0 Å². The lowest BCUT2D eigenvalue weighted by atomic mass is 9.70. The maximum Gasteiger partial charge on any atom is 0.407 e. The predicted molar refractivity (Wildman–Crippen MR) is 79.6 cm³/mol. The van der Waals surface area contributed by atoms with E-state index in [-0.39, 0.29) is 12.2 Å². The van der Waals surface area contributed by atoms with E-state index in [9.17, 15) is 4.79 Å². The first-order valence-corrected chi connectivity index (χ1v) is 8.78. The van der Waals surface area contributed by atoms with Gasteiger partial charge in [-0.3, -0.25) is 0 Å². The molecule has 0 aromatic rings. The Morgan fingerprint density at radius 2 is 1.50 bits per heavy atom. The van der Waals surface area contributed by atoms with Gasteiger partial charge in [0.25, 0.3) is 0 Å². The molecule has 0 radical (unpaired) electrons. The first kappa shape index (κ1) is 14.2. The summed E-state index contributed by atoms with van der Waals surface area (Å²) in [6, 6.07) is 0.363. The Morgan fingerprint density at radius 3 is 2.30 bits per heavy atom. The van der Waals surface area contributed by atoms with Gasteiger partial charge in [-0.15, -0.1) is 0 Å². The fourth-order valence-electron chi connectivity index (χ4n) is 4.54. The highest BCUT2D eigenvalue weighted by Crippen LogP contribution is 2.41. The van der Waals surface area contributed by atoms with Crippen molar-refractivity contribution in [1.29, 1.82) is 0 Å². The minimum atomic E-state index is -0.156. The number of amides is 1. The van der Waals surface area contributed by atoms with Crippen molar-refractivity contribution < 1.29 is 9.53 Å². The summed E-state index contributed by atoms with van der Waals surface area (Å²) in [6.07, 6.45) is 15.1. The first-order chi connectivity index (χ1) is 9.81. The molecule has 0 aliphatic heterocycles. The molecule has 0 spiro atoms. The van der Waals surface area contributed by atoms with Crippen LogP contribution in [0, 0.1) is 11.8 Å². The lowest BCUT2D eigenvalue weighted by molar-refractivity contribution is 0.0257. The van der Waals surface area contributed by atoms with Crippen LogP contribution in [0.4, 0.5) is 4.79 Å². The summed E-state index contributed by atoms with van der Waals surface area (Å²) in [4.78, 5) is 12.0. The molecule has 1 N–H and O–H groups in total. The van der Waals surface area contributed by atoms with Crippen molar-refractivity contribution in [3.8, 4) is 0 Å². The van der Waals surface area contributed by atoms with Crippen LogP contribution in [-0.4, -0.2) is 18.2 Å². The van der Waals surface area contributed by atoms with E-state index in [1.807, 2.05) is 0 Å². The number of hydrogen-bond donors (Lipinski definition) is 1. The van der Waals surface area contributed by atoms with Gasteiger partial charge < -0.3 is 10.1 Å². The highest BCUT2D eigenvalue weighted by molar-refractivity contribution is 5.67. The van der Waals surface area contributed by atoms with Gasteiger partial charge in [-0.05, 0) is 43.9 Å². The van der Waals surface area contributed by atoms with Crippen LogP contribution in [0.25, 0.3) is 0 Å². The summed E-state index contributed by atoms with van der Waals surface area (Å²) in [5.74, 6) is 1.75. The number of fused-ring (bicyclic) bond motifs is 1. The van der Waals surface area contributed by atoms with Gasteiger partial charge in [0.05, 0.1) is 0 Å². The third kappa shape index (κ3) is 3.67. The van der Waals surface area contributed by atoms with Crippen LogP contribution in [0.3, 0.4) is 0 Å². The van der Waals surface area contributed by atoms with Crippen LogP contribution in [0.15, 0.2) is 0 Å². The van der Waals surface area contributed by atoms with Crippen LogP contribution >= 0.6 is 0 Å². The maximum atomic E-state index is 12.0. The van der Waals surface area contributed by atoms with E-state index in [2.05, 4.69) is 5.32 Å². The van der Waals surface area contributed by atoms with Gasteiger partial charge in [-0.2, -0.15) is 0 Å². The van der Waals surface area contributed by atoms with Crippen LogP contribution < -0.4 is 5.32 Å². The third-order valence-electron chi connectivity index (χ3n) is 5.69. The minimum Gasteiger partial charge on any atom is -0.446 e. The number of ether oxygens (including phenoxy) is 1. The Kier molecular flexibility index (Phi) is 4.85. The molecule has 20 heavy (non-hydrogen) atoms. The third-order valence-corrected chi connectivity index (χ3v) is 5.69. The molecule has 0 bridgehead atoms. The average Bonchev–Trinajstić information content (AvgIpc) is 2.48. The monoisotopic (exact) mass is 279 g/mol. The highest BCUT2D eigenvalue weighted by Gasteiger charge is 2.33. The zero-order chi connectivity index (χ0) is 13.8. The lowest BCUT2D eigenvalue weighted by Crippen LogP contribution is -2.40. The summed E-state index contributed by atoms with van der Waals surface area (Å²) in [7, 11) is 0. The summed E-state index contributed by atoms with van der Waals surface area (Å²) in [6.45, 7) is 0. The molecule has 3 aliphatic carbocycles. The van der Waals surface area contributed by atoms with Crippen LogP contribution in [0.2, 0.25) is 0 Å². The molecule has 114 valence electrons. The smallest absolute Gasteiger partial charge is 0.407 e. The van der Waals surface area contributed by atoms with Gasteiger partial charge >= 0.3 is 6.09 Å². The summed E-state index contributed by atoms with van der Waals surface area (Å²) in [5, 5.41) is 3.08. The first-order valence-electron chi connectivity index (χ1n) is 8.78. The standard InChI is InChI=1S/C17H29NO2/c19-17(18-15-8-2-1-3-9-15)20-16-11-10-13-6-4-5-7-14(13)12-16/h13-16H,1-12H2,(H,18,19)/t13-,14-,16+/m0/s1. The molecule has 3 heteroatoms. The van der Waals surface area contributed by atoms with Crippen molar-refractivity contribution in [2.75, 3.05) is 0 Å². The topological polar surface area (TPSA) is 38.3 Å². The zero-order valence-electron chi connectivity index (χ0n) is 12.6. The molecular formula is C17H29NO2. The summed E-state index contributed by atoms with van der Waals surface area (Å²) >= 11 is 0. The van der Waals surface area contributed by atoms with Crippen molar-refractivity contribution in [2.24, 2.45) is 11.8 Å². The van der Waals surface area contributed by atoms with Crippen molar-refractivity contribution in [1.82, 2.24) is 5.32 Å². The van der Waals surface area contributed by atoms with Crippen molar-refractivity contribution in [3.05, 3.63) is 0 Å². The van der Waals surface area contributed by atoms with Gasteiger partial charge in [-0.1, -0.05) is 44.9 Å². The summed E-state index contributed by atoms with van der Waals surface area (Å²) in [5.41, 5.74) is 0. The molecule has 3 fully saturated rings. The Balaban J connectivity index is 1.42. The molecule has 3 atom stereocenters. The van der Waals surface area contributed by atoms with Crippen molar-refractivity contribution in [3.63, 3.8) is 0 Å². The Bertz CT molecular complexity index is 325.